The Bertz CT molecular complexity index is 1190. The zero-order valence-electron chi connectivity index (χ0n) is 24.4. The number of aryl methyl sites for hydroxylation is 1. The summed E-state index contributed by atoms with van der Waals surface area (Å²) >= 11 is 6.85. The van der Waals surface area contributed by atoms with Crippen molar-refractivity contribution in [1.29, 1.82) is 0 Å². The Hall–Kier alpha value is -2.81. The first-order chi connectivity index (χ1) is 19.8. The number of hydrogen-bond acceptors (Lipinski definition) is 4. The molecule has 2 aromatic carbocycles. The first-order valence-corrected chi connectivity index (χ1v) is 15.4. The molecule has 2 aromatic rings. The third kappa shape index (κ3) is 7.53. The second kappa shape index (κ2) is 14.4. The molecule has 3 amide bonds. The zero-order chi connectivity index (χ0) is 29.4. The van der Waals surface area contributed by atoms with Gasteiger partial charge in [0.15, 0.2) is 0 Å². The van der Waals surface area contributed by atoms with E-state index < -0.39 is 11.7 Å². The fourth-order valence-electron chi connectivity index (χ4n) is 6.59. The van der Waals surface area contributed by atoms with Crippen LogP contribution in [0.1, 0.15) is 56.6 Å². The molecule has 4 rings (SSSR count). The topological polar surface area (TPSA) is 105 Å². The van der Waals surface area contributed by atoms with Crippen LogP contribution in [0, 0.1) is 11.8 Å². The molecule has 2 atom stereocenters. The predicted molar refractivity (Wildman–Crippen MR) is 163 cm³/mol. The summed E-state index contributed by atoms with van der Waals surface area (Å²) in [5.41, 5.74) is 2.35. The van der Waals surface area contributed by atoms with Crippen molar-refractivity contribution in [1.82, 2.24) is 20.4 Å². The summed E-state index contributed by atoms with van der Waals surface area (Å²) in [6.45, 7) is 5.93. The van der Waals surface area contributed by atoms with Gasteiger partial charge in [-0.1, -0.05) is 54.9 Å². The van der Waals surface area contributed by atoms with Gasteiger partial charge in [0.25, 0.3) is 0 Å². The number of amides is 3. The van der Waals surface area contributed by atoms with Crippen LogP contribution in [0.5, 0.6) is 0 Å². The van der Waals surface area contributed by atoms with Crippen LogP contribution >= 0.6 is 11.6 Å². The number of piperidine rings is 2. The maximum Gasteiger partial charge on any atom is 0.404 e. The largest absolute Gasteiger partial charge is 0.465 e. The van der Waals surface area contributed by atoms with Crippen LogP contribution < -0.4 is 10.6 Å². The molecule has 224 valence electrons. The molecule has 2 unspecified atom stereocenters. The Morgan fingerprint density at radius 2 is 1.83 bits per heavy atom. The number of likely N-dealkylation sites (tertiary alicyclic amines) is 2. The van der Waals surface area contributed by atoms with Crippen molar-refractivity contribution < 1.29 is 19.8 Å². The van der Waals surface area contributed by atoms with Crippen molar-refractivity contribution in [3.05, 3.63) is 58.6 Å². The molecule has 2 fully saturated rings. The maximum absolute atomic E-state index is 13.6. The molecule has 9 heteroatoms. The van der Waals surface area contributed by atoms with Gasteiger partial charge in [-0.3, -0.25) is 0 Å². The lowest BCUT2D eigenvalue weighted by Crippen LogP contribution is -2.53. The highest BCUT2D eigenvalue weighted by atomic mass is 35.5. The normalized spacial score (nSPS) is 19.6. The summed E-state index contributed by atoms with van der Waals surface area (Å²) in [5.74, 6) is 0.369. The van der Waals surface area contributed by atoms with E-state index in [0.29, 0.717) is 36.9 Å². The average Bonchev–Trinajstić information content (AvgIpc) is 2.99. The lowest BCUT2D eigenvalue weighted by Gasteiger charge is -2.45. The minimum absolute atomic E-state index is 0.0504. The van der Waals surface area contributed by atoms with E-state index in [1.165, 1.54) is 5.56 Å². The van der Waals surface area contributed by atoms with Crippen LogP contribution in [0.2, 0.25) is 5.02 Å². The van der Waals surface area contributed by atoms with Crippen LogP contribution in [0.25, 0.3) is 11.1 Å². The second-order valence-electron chi connectivity index (χ2n) is 11.5. The molecule has 2 saturated heterocycles. The number of hydrogen-bond donors (Lipinski definition) is 4. The number of aliphatic hydroxyl groups is 1. The van der Waals surface area contributed by atoms with E-state index in [2.05, 4.69) is 29.7 Å². The van der Waals surface area contributed by atoms with Crippen LogP contribution in [0.15, 0.2) is 42.5 Å². The van der Waals surface area contributed by atoms with Gasteiger partial charge in [0, 0.05) is 49.2 Å². The lowest BCUT2D eigenvalue weighted by atomic mass is 9.72. The Balaban J connectivity index is 1.63. The molecule has 2 aliphatic rings. The first kappa shape index (κ1) is 31.1. The van der Waals surface area contributed by atoms with Crippen LogP contribution in [-0.2, 0) is 12.0 Å². The fourth-order valence-corrected chi connectivity index (χ4v) is 6.88. The van der Waals surface area contributed by atoms with Gasteiger partial charge in [0.2, 0.25) is 0 Å². The first-order valence-electron chi connectivity index (χ1n) is 15.0. The van der Waals surface area contributed by atoms with Crippen molar-refractivity contribution in [2.24, 2.45) is 11.8 Å². The summed E-state index contributed by atoms with van der Waals surface area (Å²) in [7, 11) is 1.97. The van der Waals surface area contributed by atoms with E-state index in [4.69, 9.17) is 16.7 Å². The zero-order valence-corrected chi connectivity index (χ0v) is 25.1. The number of benzene rings is 2. The van der Waals surface area contributed by atoms with Crippen LogP contribution in [0.3, 0.4) is 0 Å². The highest BCUT2D eigenvalue weighted by Gasteiger charge is 2.43. The molecule has 0 aromatic heterocycles. The van der Waals surface area contributed by atoms with E-state index in [9.17, 15) is 14.7 Å². The van der Waals surface area contributed by atoms with Gasteiger partial charge in [-0.05, 0) is 87.2 Å². The minimum Gasteiger partial charge on any atom is -0.465 e. The number of carboxylic acid groups (broad SMARTS) is 1. The van der Waals surface area contributed by atoms with E-state index in [1.807, 2.05) is 47.2 Å². The molecule has 0 saturated carbocycles. The number of halogens is 1. The van der Waals surface area contributed by atoms with E-state index >= 15 is 0 Å². The van der Waals surface area contributed by atoms with Gasteiger partial charge >= 0.3 is 12.1 Å². The summed E-state index contributed by atoms with van der Waals surface area (Å²) in [6.07, 6.45) is 4.14. The monoisotopic (exact) mass is 584 g/mol. The Kier molecular flexibility index (Phi) is 10.9. The van der Waals surface area contributed by atoms with Crippen LogP contribution in [0.4, 0.5) is 9.59 Å². The number of nitrogens with one attached hydrogen (secondary N) is 2. The van der Waals surface area contributed by atoms with E-state index in [0.717, 1.165) is 68.4 Å². The van der Waals surface area contributed by atoms with Gasteiger partial charge in [-0.25, -0.2) is 9.59 Å². The van der Waals surface area contributed by atoms with E-state index in [-0.39, 0.29) is 18.5 Å². The predicted octanol–water partition coefficient (Wildman–Crippen LogP) is 5.57. The Morgan fingerprint density at radius 3 is 2.54 bits per heavy atom. The number of carbonyl (C=O) groups excluding carboxylic acids is 1. The molecule has 4 N–H and O–H groups in total. The summed E-state index contributed by atoms with van der Waals surface area (Å²) in [4.78, 5) is 28.6. The molecule has 2 heterocycles. The van der Waals surface area contributed by atoms with Gasteiger partial charge in [0.05, 0.1) is 5.60 Å². The van der Waals surface area contributed by atoms with Crippen molar-refractivity contribution in [2.45, 2.75) is 57.5 Å². The third-order valence-corrected chi connectivity index (χ3v) is 9.17. The van der Waals surface area contributed by atoms with Crippen molar-refractivity contribution >= 4 is 23.7 Å². The lowest BCUT2D eigenvalue weighted by molar-refractivity contribution is -0.0564. The second-order valence-corrected chi connectivity index (χ2v) is 11.9. The SMILES string of the molecule is CCc1cccc(-c2c(Cl)cccc2C(O)(CCCNC(=O)O)C2CCCN(C(=O)N3CCC(CNC)CC3)C2)c1. The van der Waals surface area contributed by atoms with Crippen LogP contribution in [-0.4, -0.2) is 78.5 Å². The van der Waals surface area contributed by atoms with Crippen molar-refractivity contribution in [3.8, 4) is 11.1 Å². The molecule has 2 aliphatic heterocycles. The standard InChI is InChI=1S/C32H45ClN4O4/c1-3-23-8-4-9-25(20-23)29-27(11-5-12-28(29)33)32(41,15-7-16-35-30(38)39)26-10-6-17-37(22-26)31(40)36-18-13-24(14-19-36)21-34-2/h4-5,8-9,11-12,20,24,26,34-35,41H,3,6-7,10,13-19,21-22H2,1-2H3,(H,38,39). The minimum atomic E-state index is -1.30. The molecule has 0 aliphatic carbocycles. The Labute approximate surface area is 249 Å². The summed E-state index contributed by atoms with van der Waals surface area (Å²) in [6, 6.07) is 13.9. The van der Waals surface area contributed by atoms with E-state index in [1.54, 1.807) is 0 Å². The number of rotatable bonds is 10. The average molecular weight is 585 g/mol. The highest BCUT2D eigenvalue weighted by molar-refractivity contribution is 6.33. The fraction of sp³-hybridized carbons (Fsp3) is 0.562. The number of urea groups is 1. The van der Waals surface area contributed by atoms with Crippen molar-refractivity contribution in [3.63, 3.8) is 0 Å². The van der Waals surface area contributed by atoms with Gasteiger partial charge in [0.1, 0.15) is 0 Å². The molecule has 0 bridgehead atoms. The molecule has 0 spiro atoms. The Morgan fingerprint density at radius 1 is 1.07 bits per heavy atom. The summed E-state index contributed by atoms with van der Waals surface area (Å²) < 4.78 is 0. The third-order valence-electron chi connectivity index (χ3n) is 8.86. The molecule has 8 nitrogen and oxygen atoms in total. The van der Waals surface area contributed by atoms with Gasteiger partial charge < -0.3 is 30.6 Å². The molecular formula is C32H45ClN4O4. The van der Waals surface area contributed by atoms with Crippen molar-refractivity contribution in [2.75, 3.05) is 46.3 Å². The number of nitrogens with zero attached hydrogens (tertiary/aromatic N) is 2. The van der Waals surface area contributed by atoms with Gasteiger partial charge in [-0.2, -0.15) is 0 Å². The molecule has 0 radical (unpaired) electrons. The molecular weight excluding hydrogens is 540 g/mol. The quantitative estimate of drug-likeness (QED) is 0.273. The highest BCUT2D eigenvalue weighted by Crippen LogP contribution is 2.45. The summed E-state index contributed by atoms with van der Waals surface area (Å²) in [5, 5.41) is 28.0. The van der Waals surface area contributed by atoms with Gasteiger partial charge in [-0.15, -0.1) is 0 Å². The molecule has 41 heavy (non-hydrogen) atoms. The maximum atomic E-state index is 13.6. The number of carbonyl (C=O) groups is 2. The smallest absolute Gasteiger partial charge is 0.404 e.